The highest BCUT2D eigenvalue weighted by atomic mass is 35.5. The molecule has 0 spiro atoms. The minimum absolute atomic E-state index is 0.0703. The number of nitrogens with zero attached hydrogens (tertiary/aromatic N) is 1. The van der Waals surface area contributed by atoms with Crippen LogP contribution in [0.5, 0.6) is 5.88 Å². The summed E-state index contributed by atoms with van der Waals surface area (Å²) in [5, 5.41) is 0.201. The Bertz CT molecular complexity index is 911. The Morgan fingerprint density at radius 3 is 2.52 bits per heavy atom. The van der Waals surface area contributed by atoms with Gasteiger partial charge in [0.25, 0.3) is 10.0 Å². The molecule has 1 aromatic carbocycles. The lowest BCUT2D eigenvalue weighted by Crippen LogP contribution is -2.15. The predicted molar refractivity (Wildman–Crippen MR) is 97.1 cm³/mol. The number of hydrogen-bond donors (Lipinski definition) is 1. The maximum atomic E-state index is 12.7. The molecule has 0 unspecified atom stereocenters. The number of nitrogens with one attached hydrogen (secondary N) is 1. The highest BCUT2D eigenvalue weighted by Crippen LogP contribution is 2.29. The van der Waals surface area contributed by atoms with E-state index in [1.54, 1.807) is 12.3 Å². The van der Waals surface area contributed by atoms with Crippen LogP contribution in [0.4, 0.5) is 5.69 Å². The molecule has 0 saturated carbocycles. The number of rotatable bonds is 6. The summed E-state index contributed by atoms with van der Waals surface area (Å²) in [5.74, 6) is 0.0124. The molecule has 0 fully saturated rings. The van der Waals surface area contributed by atoms with Crippen LogP contribution in [-0.4, -0.2) is 26.3 Å². The van der Waals surface area contributed by atoms with Crippen molar-refractivity contribution in [3.8, 4) is 5.88 Å². The fourth-order valence-corrected chi connectivity index (χ4v) is 3.49. The van der Waals surface area contributed by atoms with Gasteiger partial charge >= 0.3 is 0 Å². The van der Waals surface area contributed by atoms with Gasteiger partial charge in [0.15, 0.2) is 5.78 Å². The lowest BCUT2D eigenvalue weighted by atomic mass is 10.1. The van der Waals surface area contributed by atoms with Gasteiger partial charge < -0.3 is 4.74 Å². The number of sulfonamides is 1. The van der Waals surface area contributed by atoms with Crippen LogP contribution in [0.1, 0.15) is 42.6 Å². The number of anilines is 1. The van der Waals surface area contributed by atoms with E-state index in [2.05, 4.69) is 9.71 Å². The third-order valence-electron chi connectivity index (χ3n) is 3.60. The second kappa shape index (κ2) is 7.41. The van der Waals surface area contributed by atoms with Crippen molar-refractivity contribution in [3.05, 3.63) is 46.6 Å². The Labute approximate surface area is 152 Å². The normalized spacial score (nSPS) is 11.4. The van der Waals surface area contributed by atoms with Crippen molar-refractivity contribution in [1.29, 1.82) is 0 Å². The number of carbonyl (C=O) groups is 1. The maximum Gasteiger partial charge on any atom is 0.262 e. The molecule has 0 aliphatic carbocycles. The molecule has 25 heavy (non-hydrogen) atoms. The zero-order chi connectivity index (χ0) is 18.8. The predicted octanol–water partition coefficient (Wildman–Crippen LogP) is 3.87. The van der Waals surface area contributed by atoms with Gasteiger partial charge in [-0.05, 0) is 42.7 Å². The van der Waals surface area contributed by atoms with E-state index in [-0.39, 0.29) is 38.8 Å². The van der Waals surface area contributed by atoms with Crippen LogP contribution in [0.2, 0.25) is 5.02 Å². The first-order chi connectivity index (χ1) is 11.7. The molecule has 1 N–H and O–H groups in total. The zero-order valence-corrected chi connectivity index (χ0v) is 15.9. The summed E-state index contributed by atoms with van der Waals surface area (Å²) in [6.45, 7) is 5.27. The summed E-state index contributed by atoms with van der Waals surface area (Å²) in [5.41, 5.74) is 1.23. The van der Waals surface area contributed by atoms with Crippen LogP contribution in [0.3, 0.4) is 0 Å². The average molecular weight is 383 g/mol. The number of ketones is 1. The van der Waals surface area contributed by atoms with E-state index >= 15 is 0 Å². The molecule has 0 aliphatic rings. The molecule has 0 bridgehead atoms. The molecule has 0 atom stereocenters. The van der Waals surface area contributed by atoms with Crippen molar-refractivity contribution in [2.24, 2.45) is 0 Å². The lowest BCUT2D eigenvalue weighted by Gasteiger charge is -2.14. The van der Waals surface area contributed by atoms with Crippen LogP contribution in [0.25, 0.3) is 0 Å². The first-order valence-electron chi connectivity index (χ1n) is 7.53. The minimum Gasteiger partial charge on any atom is -0.480 e. The molecule has 0 radical (unpaired) electrons. The molecular formula is C17H19ClN2O4S. The summed E-state index contributed by atoms with van der Waals surface area (Å²) in [4.78, 5) is 15.7. The molecule has 8 heteroatoms. The highest BCUT2D eigenvalue weighted by Gasteiger charge is 2.20. The molecule has 2 rings (SSSR count). The maximum absolute atomic E-state index is 12.7. The largest absolute Gasteiger partial charge is 0.480 e. The molecule has 0 saturated heterocycles. The second-order valence-electron chi connectivity index (χ2n) is 5.78. The third kappa shape index (κ3) is 4.29. The number of aromatic nitrogens is 1. The van der Waals surface area contributed by atoms with Gasteiger partial charge in [-0.25, -0.2) is 13.4 Å². The zero-order valence-electron chi connectivity index (χ0n) is 14.3. The Morgan fingerprint density at radius 1 is 1.28 bits per heavy atom. The van der Waals surface area contributed by atoms with E-state index in [0.29, 0.717) is 0 Å². The number of carbonyl (C=O) groups excluding carboxylic acids is 1. The van der Waals surface area contributed by atoms with E-state index in [9.17, 15) is 13.2 Å². The van der Waals surface area contributed by atoms with E-state index < -0.39 is 10.0 Å². The molecule has 0 amide bonds. The first-order valence-corrected chi connectivity index (χ1v) is 9.39. The van der Waals surface area contributed by atoms with Crippen molar-refractivity contribution in [1.82, 2.24) is 4.98 Å². The SMILES string of the molecule is COc1ncc(C(C)C)cc1NS(=O)(=O)c1ccc(Cl)c(C(C)=O)c1. The quantitative estimate of drug-likeness (QED) is 0.766. The van der Waals surface area contributed by atoms with Gasteiger partial charge in [-0.2, -0.15) is 0 Å². The number of ether oxygens (including phenoxy) is 1. The smallest absolute Gasteiger partial charge is 0.262 e. The average Bonchev–Trinajstić information content (AvgIpc) is 2.54. The van der Waals surface area contributed by atoms with Crippen molar-refractivity contribution in [2.75, 3.05) is 11.8 Å². The van der Waals surface area contributed by atoms with Crippen LogP contribution >= 0.6 is 11.6 Å². The second-order valence-corrected chi connectivity index (χ2v) is 7.87. The van der Waals surface area contributed by atoms with Gasteiger partial charge in [0.05, 0.1) is 17.0 Å². The Hall–Kier alpha value is -2.12. The fraction of sp³-hybridized carbons (Fsp3) is 0.294. The molecule has 0 aliphatic heterocycles. The minimum atomic E-state index is -3.94. The number of hydrogen-bond acceptors (Lipinski definition) is 5. The summed E-state index contributed by atoms with van der Waals surface area (Å²) in [7, 11) is -2.53. The number of methoxy groups -OCH3 is 1. The van der Waals surface area contributed by atoms with Gasteiger partial charge in [0, 0.05) is 11.8 Å². The lowest BCUT2D eigenvalue weighted by molar-refractivity contribution is 0.101. The van der Waals surface area contributed by atoms with Crippen LogP contribution < -0.4 is 9.46 Å². The number of benzene rings is 1. The van der Waals surface area contributed by atoms with Gasteiger partial charge in [0.1, 0.15) is 5.69 Å². The van der Waals surface area contributed by atoms with E-state index in [1.165, 1.54) is 32.2 Å². The van der Waals surface area contributed by atoms with E-state index in [4.69, 9.17) is 16.3 Å². The topological polar surface area (TPSA) is 85.4 Å². The first kappa shape index (κ1) is 19.2. The highest BCUT2D eigenvalue weighted by molar-refractivity contribution is 7.92. The van der Waals surface area contributed by atoms with Gasteiger partial charge in [-0.1, -0.05) is 25.4 Å². The number of Topliss-reactive ketones (excluding diaryl/α,β-unsaturated/α-hetero) is 1. The standard InChI is InChI=1S/C17H19ClN2O4S/c1-10(2)12-7-16(17(24-4)19-9-12)20-25(22,23)13-5-6-15(18)14(8-13)11(3)21/h5-10,20H,1-4H3. The molecular weight excluding hydrogens is 364 g/mol. The van der Waals surface area contributed by atoms with Gasteiger partial charge in [-0.15, -0.1) is 0 Å². The van der Waals surface area contributed by atoms with E-state index in [0.717, 1.165) is 5.56 Å². The third-order valence-corrected chi connectivity index (χ3v) is 5.30. The van der Waals surface area contributed by atoms with E-state index in [1.807, 2.05) is 13.8 Å². The Kier molecular flexibility index (Phi) is 5.69. The summed E-state index contributed by atoms with van der Waals surface area (Å²) >= 11 is 5.94. The molecule has 1 aromatic heterocycles. The van der Waals surface area contributed by atoms with Crippen LogP contribution in [0.15, 0.2) is 35.4 Å². The fourth-order valence-electron chi connectivity index (χ4n) is 2.16. The summed E-state index contributed by atoms with van der Waals surface area (Å²) in [6.07, 6.45) is 1.64. The molecule has 2 aromatic rings. The monoisotopic (exact) mass is 382 g/mol. The van der Waals surface area contributed by atoms with Crippen LogP contribution in [-0.2, 0) is 10.0 Å². The summed E-state index contributed by atoms with van der Waals surface area (Å²) in [6, 6.07) is 5.64. The van der Waals surface area contributed by atoms with Gasteiger partial charge in [0.2, 0.25) is 5.88 Å². The molecule has 6 nitrogen and oxygen atoms in total. The Morgan fingerprint density at radius 2 is 1.96 bits per heavy atom. The van der Waals surface area contributed by atoms with Gasteiger partial charge in [-0.3, -0.25) is 9.52 Å². The van der Waals surface area contributed by atoms with Crippen molar-refractivity contribution in [2.45, 2.75) is 31.6 Å². The van der Waals surface area contributed by atoms with Crippen molar-refractivity contribution < 1.29 is 17.9 Å². The van der Waals surface area contributed by atoms with Crippen molar-refractivity contribution >= 4 is 33.1 Å². The summed E-state index contributed by atoms with van der Waals surface area (Å²) < 4.78 is 33.0. The number of halogens is 1. The number of pyridine rings is 1. The molecule has 1 heterocycles. The Balaban J connectivity index is 2.47. The molecule has 134 valence electrons. The van der Waals surface area contributed by atoms with Crippen molar-refractivity contribution in [3.63, 3.8) is 0 Å². The van der Waals surface area contributed by atoms with Crippen LogP contribution in [0, 0.1) is 0 Å².